The van der Waals surface area contributed by atoms with E-state index >= 15 is 0 Å². The van der Waals surface area contributed by atoms with Crippen molar-refractivity contribution >= 4 is 120 Å². The lowest BCUT2D eigenvalue weighted by Crippen LogP contribution is -2.10. The molecule has 0 unspecified atom stereocenters. The van der Waals surface area contributed by atoms with Gasteiger partial charge in [-0.1, -0.05) is 139 Å². The van der Waals surface area contributed by atoms with Crippen LogP contribution in [0, 0.1) is 0 Å². The van der Waals surface area contributed by atoms with Crippen LogP contribution in [0.4, 0.5) is 0 Å². The summed E-state index contributed by atoms with van der Waals surface area (Å²) in [7, 11) is 0. The maximum atomic E-state index is 2.66. The molecule has 0 atom stereocenters. The number of nitrogens with zero attached hydrogens (tertiary/aromatic N) is 3. The molecule has 0 radical (unpaired) electrons. The lowest BCUT2D eigenvalue weighted by Gasteiger charge is -2.19. The summed E-state index contributed by atoms with van der Waals surface area (Å²) < 4.78 is 7.66. The van der Waals surface area contributed by atoms with E-state index in [1.807, 2.05) is 0 Å². The van der Waals surface area contributed by atoms with E-state index in [1.54, 1.807) is 0 Å². The minimum absolute atomic E-state index is 0.0435. The van der Waals surface area contributed by atoms with Crippen molar-refractivity contribution < 1.29 is 0 Å². The van der Waals surface area contributed by atoms with Crippen LogP contribution in [0.25, 0.3) is 136 Å². The van der Waals surface area contributed by atoms with Gasteiger partial charge in [0, 0.05) is 65.1 Å². The van der Waals surface area contributed by atoms with Gasteiger partial charge in [0.15, 0.2) is 0 Å². The molecule has 5 aromatic heterocycles. The van der Waals surface area contributed by atoms with Crippen molar-refractivity contribution in [2.24, 2.45) is 0 Å². The summed E-state index contributed by atoms with van der Waals surface area (Å²) in [5.41, 5.74) is 16.4. The summed E-state index contributed by atoms with van der Waals surface area (Å²) in [6.45, 7) is 14.1. The van der Waals surface area contributed by atoms with Crippen LogP contribution in [0.1, 0.15) is 52.7 Å². The molecule has 15 rings (SSSR count). The van der Waals surface area contributed by atoms with Crippen molar-refractivity contribution in [2.75, 3.05) is 0 Å². The normalized spacial score (nSPS) is 13.2. The Hall–Kier alpha value is -7.88. The molecule has 3 heteroatoms. The second-order valence-electron chi connectivity index (χ2n) is 21.3. The molecule has 67 heavy (non-hydrogen) atoms. The maximum Gasteiger partial charge on any atom is 0.0627 e. The Bertz CT molecular complexity index is 4620. The van der Waals surface area contributed by atoms with Crippen LogP contribution in [-0.4, -0.2) is 13.4 Å². The first-order chi connectivity index (χ1) is 32.5. The van der Waals surface area contributed by atoms with Gasteiger partial charge in [0.25, 0.3) is 0 Å². The number of benzene rings is 10. The number of hydrogen-bond donors (Lipinski definition) is 0. The van der Waals surface area contributed by atoms with E-state index < -0.39 is 0 Å². The zero-order chi connectivity index (χ0) is 44.8. The van der Waals surface area contributed by atoms with E-state index in [0.29, 0.717) is 0 Å². The van der Waals surface area contributed by atoms with Crippen molar-refractivity contribution in [3.8, 4) is 16.8 Å². The Morgan fingerprint density at radius 1 is 0.313 bits per heavy atom. The molecule has 0 amide bonds. The third kappa shape index (κ3) is 4.76. The van der Waals surface area contributed by atoms with Crippen LogP contribution in [0.2, 0.25) is 0 Å². The van der Waals surface area contributed by atoms with E-state index in [9.17, 15) is 0 Å². The van der Waals surface area contributed by atoms with Gasteiger partial charge in [0.1, 0.15) is 0 Å². The highest BCUT2D eigenvalue weighted by molar-refractivity contribution is 6.41. The summed E-state index contributed by atoms with van der Waals surface area (Å²) in [4.78, 5) is 0. The summed E-state index contributed by atoms with van der Waals surface area (Å²) in [6, 6.07) is 67.0. The predicted molar refractivity (Wildman–Crippen MR) is 288 cm³/mol. The number of para-hydroxylation sites is 2. The van der Waals surface area contributed by atoms with Gasteiger partial charge in [-0.3, -0.25) is 0 Å². The summed E-state index contributed by atoms with van der Waals surface area (Å²) >= 11 is 0. The Labute approximate surface area is 387 Å². The number of rotatable bonds is 2. The fourth-order valence-electron chi connectivity index (χ4n) is 12.4. The molecular formula is C64H47N3. The minimum atomic E-state index is -0.0792. The molecule has 0 spiro atoms. The molecule has 0 fully saturated rings. The molecule has 10 aromatic carbocycles. The van der Waals surface area contributed by atoms with Gasteiger partial charge < -0.3 is 13.4 Å². The topological polar surface area (TPSA) is 13.8 Å². The molecule has 0 aliphatic carbocycles. The van der Waals surface area contributed by atoms with E-state index in [0.717, 1.165) is 0 Å². The van der Waals surface area contributed by atoms with Gasteiger partial charge in [0.2, 0.25) is 0 Å². The van der Waals surface area contributed by atoms with Crippen molar-refractivity contribution in [2.45, 2.75) is 52.4 Å². The van der Waals surface area contributed by atoms with Crippen LogP contribution in [0.5, 0.6) is 0 Å². The summed E-state index contributed by atoms with van der Waals surface area (Å²) in [5, 5.41) is 18.3. The fraction of sp³-hybridized carbons (Fsp3) is 0.125. The van der Waals surface area contributed by atoms with E-state index in [-0.39, 0.29) is 10.8 Å². The number of fused-ring (bicyclic) bond motifs is 20. The molecule has 318 valence electrons. The van der Waals surface area contributed by atoms with Gasteiger partial charge >= 0.3 is 0 Å². The SMILES string of the molecule is CC(C)(C)c1ccc2c(c1)c1cc3ccccc3c3c4c5c6cc(C(C)(C)C)cc7c8c9ccccc9cc(-c9ccc%10c(c9)c9ccccc9n%10-c9ccccc9)c8n(c5ccc4n2c13)c67. The lowest BCUT2D eigenvalue weighted by atomic mass is 9.84. The summed E-state index contributed by atoms with van der Waals surface area (Å²) in [5.74, 6) is 0. The Balaban J connectivity index is 1.15. The molecule has 0 saturated heterocycles. The number of aromatic nitrogens is 3. The second kappa shape index (κ2) is 12.5. The average Bonchev–Trinajstić information content (AvgIpc) is 4.13. The standard InChI is InChI=1S/C64H47N3/c1-63(2,3)39-25-27-53-47(33-39)48-32-37-17-11-13-21-43(37)58-59-55(66(53)62(48)58)29-28-54-57(59)50-35-40(64(4,5)6)34-49-56-42-20-12-10-16-36(42)30-45(61(56)67(54)60(49)50)38-24-26-52-46(31-38)44-22-14-15-23-51(44)65(52)41-18-8-7-9-19-41/h7-35H,1-6H3. The lowest BCUT2D eigenvalue weighted by molar-refractivity contribution is 0.591. The summed E-state index contributed by atoms with van der Waals surface area (Å²) in [6.07, 6.45) is 0. The third-order valence-corrected chi connectivity index (χ3v) is 15.5. The molecule has 0 aliphatic heterocycles. The van der Waals surface area contributed by atoms with Crippen LogP contribution < -0.4 is 0 Å². The quantitative estimate of drug-likeness (QED) is 0.164. The molecule has 0 bridgehead atoms. The molecule has 0 aliphatic rings. The van der Waals surface area contributed by atoms with Crippen molar-refractivity contribution in [1.82, 2.24) is 13.4 Å². The monoisotopic (exact) mass is 857 g/mol. The molecule has 0 N–H and O–H groups in total. The molecule has 0 saturated carbocycles. The van der Waals surface area contributed by atoms with Crippen LogP contribution in [0.15, 0.2) is 176 Å². The first-order valence-electron chi connectivity index (χ1n) is 23.9. The molecule has 3 nitrogen and oxygen atoms in total. The Morgan fingerprint density at radius 2 is 0.881 bits per heavy atom. The van der Waals surface area contributed by atoms with Crippen molar-refractivity contribution in [3.05, 3.63) is 187 Å². The Morgan fingerprint density at radius 3 is 1.63 bits per heavy atom. The Kier molecular flexibility index (Phi) is 6.97. The van der Waals surface area contributed by atoms with Crippen molar-refractivity contribution in [1.29, 1.82) is 0 Å². The third-order valence-electron chi connectivity index (χ3n) is 15.5. The predicted octanol–water partition coefficient (Wildman–Crippen LogP) is 17.7. The fourth-order valence-corrected chi connectivity index (χ4v) is 12.4. The smallest absolute Gasteiger partial charge is 0.0627 e. The van der Waals surface area contributed by atoms with Crippen LogP contribution in [-0.2, 0) is 10.8 Å². The highest BCUT2D eigenvalue weighted by atomic mass is 15.0. The minimum Gasteiger partial charge on any atom is -0.309 e. The highest BCUT2D eigenvalue weighted by Crippen LogP contribution is 2.52. The van der Waals surface area contributed by atoms with E-state index in [2.05, 4.69) is 231 Å². The van der Waals surface area contributed by atoms with E-state index in [4.69, 9.17) is 0 Å². The first kappa shape index (κ1) is 37.4. The van der Waals surface area contributed by atoms with Crippen LogP contribution >= 0.6 is 0 Å². The second-order valence-corrected chi connectivity index (χ2v) is 21.3. The first-order valence-corrected chi connectivity index (χ1v) is 23.9. The van der Waals surface area contributed by atoms with Gasteiger partial charge in [0.05, 0.1) is 44.1 Å². The average molecular weight is 858 g/mol. The van der Waals surface area contributed by atoms with Gasteiger partial charge in [-0.05, 0) is 128 Å². The highest BCUT2D eigenvalue weighted by Gasteiger charge is 2.30. The van der Waals surface area contributed by atoms with Crippen molar-refractivity contribution in [3.63, 3.8) is 0 Å². The largest absolute Gasteiger partial charge is 0.309 e. The van der Waals surface area contributed by atoms with Gasteiger partial charge in [-0.2, -0.15) is 0 Å². The maximum absolute atomic E-state index is 2.66. The van der Waals surface area contributed by atoms with Gasteiger partial charge in [-0.25, -0.2) is 0 Å². The van der Waals surface area contributed by atoms with Crippen LogP contribution in [0.3, 0.4) is 0 Å². The zero-order valence-corrected chi connectivity index (χ0v) is 38.6. The van der Waals surface area contributed by atoms with E-state index in [1.165, 1.54) is 147 Å². The number of hydrogen-bond acceptors (Lipinski definition) is 0. The zero-order valence-electron chi connectivity index (χ0n) is 38.6. The molecule has 15 aromatic rings. The molecule has 5 heterocycles. The molecular weight excluding hydrogens is 811 g/mol. The van der Waals surface area contributed by atoms with Gasteiger partial charge in [-0.15, -0.1) is 0 Å².